The summed E-state index contributed by atoms with van der Waals surface area (Å²) in [6.45, 7) is 3.64. The quantitative estimate of drug-likeness (QED) is 0.362. The Labute approximate surface area is 194 Å². The summed E-state index contributed by atoms with van der Waals surface area (Å²) in [5.41, 5.74) is 2.85. The number of hydrogen-bond acceptors (Lipinski definition) is 6. The second-order valence-corrected chi connectivity index (χ2v) is 7.84. The predicted molar refractivity (Wildman–Crippen MR) is 132 cm³/mol. The minimum atomic E-state index is 0.0330. The van der Waals surface area contributed by atoms with Crippen molar-refractivity contribution in [1.82, 2.24) is 0 Å². The lowest BCUT2D eigenvalue weighted by atomic mass is 10.1. The van der Waals surface area contributed by atoms with Crippen molar-refractivity contribution < 1.29 is 19.4 Å². The first kappa shape index (κ1) is 23.9. The Morgan fingerprint density at radius 3 is 2.33 bits per heavy atom. The lowest BCUT2D eigenvalue weighted by Gasteiger charge is -2.29. The van der Waals surface area contributed by atoms with Gasteiger partial charge in [-0.3, -0.25) is 9.59 Å². The molecular formula is C27H30N2O4. The highest BCUT2D eigenvalue weighted by atomic mass is 16.5. The highest BCUT2D eigenvalue weighted by molar-refractivity contribution is 5.99. The van der Waals surface area contributed by atoms with Gasteiger partial charge in [0.1, 0.15) is 17.2 Å². The molecule has 1 heterocycles. The molecule has 1 aliphatic heterocycles. The van der Waals surface area contributed by atoms with E-state index in [4.69, 9.17) is 4.74 Å². The summed E-state index contributed by atoms with van der Waals surface area (Å²) in [6, 6.07) is 20.1. The number of para-hydroxylation sites is 1. The summed E-state index contributed by atoms with van der Waals surface area (Å²) < 4.78 is 5.70. The first-order valence-corrected chi connectivity index (χ1v) is 11.1. The van der Waals surface area contributed by atoms with E-state index in [1.807, 2.05) is 42.5 Å². The number of anilines is 2. The van der Waals surface area contributed by atoms with Gasteiger partial charge in [0.2, 0.25) is 0 Å². The van der Waals surface area contributed by atoms with Gasteiger partial charge in [0.15, 0.2) is 12.1 Å². The molecule has 0 radical (unpaired) electrons. The Balaban J connectivity index is 0.000000189. The van der Waals surface area contributed by atoms with Crippen LogP contribution in [0.5, 0.6) is 17.2 Å². The van der Waals surface area contributed by atoms with Crippen LogP contribution in [0.1, 0.15) is 46.9 Å². The Hall–Kier alpha value is -3.80. The van der Waals surface area contributed by atoms with Crippen LogP contribution < -0.4 is 15.0 Å². The summed E-state index contributed by atoms with van der Waals surface area (Å²) in [7, 11) is 1.79. The second kappa shape index (κ2) is 11.7. The fourth-order valence-electron chi connectivity index (χ4n) is 3.71. The van der Waals surface area contributed by atoms with E-state index in [0.717, 1.165) is 30.2 Å². The number of phenols is 1. The lowest BCUT2D eigenvalue weighted by molar-refractivity contribution is 0.101. The number of nitrogens with zero attached hydrogens (tertiary/aromatic N) is 1. The minimum absolute atomic E-state index is 0.0330. The summed E-state index contributed by atoms with van der Waals surface area (Å²) in [4.78, 5) is 24.4. The van der Waals surface area contributed by atoms with E-state index in [2.05, 4.69) is 10.2 Å². The third kappa shape index (κ3) is 6.59. The molecule has 3 aromatic rings. The number of aldehydes is 1. The van der Waals surface area contributed by atoms with Crippen molar-refractivity contribution in [3.05, 3.63) is 77.9 Å². The molecule has 0 atom stereocenters. The molecule has 172 valence electrons. The van der Waals surface area contributed by atoms with E-state index >= 15 is 0 Å². The van der Waals surface area contributed by atoms with Crippen LogP contribution in [0.4, 0.5) is 11.4 Å². The molecule has 1 saturated heterocycles. The number of ether oxygens (including phenoxy) is 1. The molecule has 0 aliphatic carbocycles. The lowest BCUT2D eigenvalue weighted by Crippen LogP contribution is -2.29. The van der Waals surface area contributed by atoms with Gasteiger partial charge in [-0.15, -0.1) is 0 Å². The molecule has 1 aliphatic rings. The van der Waals surface area contributed by atoms with Gasteiger partial charge in [-0.1, -0.05) is 18.2 Å². The number of carbonyl (C=O) groups is 2. The summed E-state index contributed by atoms with van der Waals surface area (Å²) in [5.74, 6) is 1.57. The van der Waals surface area contributed by atoms with Crippen molar-refractivity contribution >= 4 is 23.4 Å². The fraction of sp³-hybridized carbons (Fsp3) is 0.259. The number of hydrogen-bond donors (Lipinski definition) is 2. The van der Waals surface area contributed by atoms with E-state index in [1.165, 1.54) is 19.3 Å². The molecule has 0 amide bonds. The second-order valence-electron chi connectivity index (χ2n) is 7.84. The molecule has 0 unspecified atom stereocenters. The number of carbonyl (C=O) groups excluding carboxylic acids is 2. The molecule has 0 saturated carbocycles. The predicted octanol–water partition coefficient (Wildman–Crippen LogP) is 5.92. The maximum atomic E-state index is 11.4. The van der Waals surface area contributed by atoms with Gasteiger partial charge in [0.05, 0.1) is 5.56 Å². The Bertz CT molecular complexity index is 1080. The van der Waals surface area contributed by atoms with E-state index in [1.54, 1.807) is 38.2 Å². The summed E-state index contributed by atoms with van der Waals surface area (Å²) >= 11 is 0. The molecule has 0 spiro atoms. The molecule has 6 heteroatoms. The maximum Gasteiger partial charge on any atom is 0.161 e. The first-order valence-electron chi connectivity index (χ1n) is 11.1. The smallest absolute Gasteiger partial charge is 0.161 e. The molecule has 0 bridgehead atoms. The number of ketones is 1. The largest absolute Gasteiger partial charge is 0.507 e. The zero-order chi connectivity index (χ0) is 23.6. The van der Waals surface area contributed by atoms with E-state index < -0.39 is 0 Å². The van der Waals surface area contributed by atoms with Crippen molar-refractivity contribution in [3.8, 4) is 17.2 Å². The molecule has 4 rings (SSSR count). The van der Waals surface area contributed by atoms with Gasteiger partial charge in [0, 0.05) is 43.1 Å². The molecule has 1 fully saturated rings. The van der Waals surface area contributed by atoms with Gasteiger partial charge in [-0.05, 0) is 68.7 Å². The summed E-state index contributed by atoms with van der Waals surface area (Å²) in [6.07, 6.45) is 4.40. The Morgan fingerprint density at radius 2 is 1.70 bits per heavy atom. The number of rotatable bonds is 6. The van der Waals surface area contributed by atoms with E-state index in [9.17, 15) is 14.7 Å². The van der Waals surface area contributed by atoms with Crippen molar-refractivity contribution in [1.29, 1.82) is 0 Å². The molecule has 6 nitrogen and oxygen atoms in total. The number of Topliss-reactive ketones (excluding diaryl/α,β-unsaturated/α-hetero) is 1. The van der Waals surface area contributed by atoms with Crippen LogP contribution in [-0.2, 0) is 0 Å². The van der Waals surface area contributed by atoms with Crippen molar-refractivity contribution in [2.75, 3.05) is 30.4 Å². The molecular weight excluding hydrogens is 416 g/mol. The Morgan fingerprint density at radius 1 is 0.970 bits per heavy atom. The minimum Gasteiger partial charge on any atom is -0.507 e. The van der Waals surface area contributed by atoms with Crippen molar-refractivity contribution in [2.45, 2.75) is 26.2 Å². The Kier molecular flexibility index (Phi) is 8.47. The number of nitrogens with one attached hydrogen (secondary N) is 1. The van der Waals surface area contributed by atoms with Crippen LogP contribution >= 0.6 is 0 Å². The normalized spacial score (nSPS) is 12.8. The fourth-order valence-corrected chi connectivity index (χ4v) is 3.71. The highest BCUT2D eigenvalue weighted by Gasteiger charge is 2.12. The van der Waals surface area contributed by atoms with Crippen LogP contribution in [0.15, 0.2) is 66.7 Å². The highest BCUT2D eigenvalue weighted by Crippen LogP contribution is 2.27. The molecule has 2 N–H and O–H groups in total. The monoisotopic (exact) mass is 446 g/mol. The van der Waals surface area contributed by atoms with E-state index in [0.29, 0.717) is 23.2 Å². The SMILES string of the molecule is CNc1cc(Oc2ccccc2)ccc1C(C)=O.O=Cc1cc(N2CCCCC2)ccc1O. The maximum absolute atomic E-state index is 11.4. The third-order valence-corrected chi connectivity index (χ3v) is 5.48. The van der Waals surface area contributed by atoms with E-state index in [-0.39, 0.29) is 11.5 Å². The van der Waals surface area contributed by atoms with Gasteiger partial charge in [0.25, 0.3) is 0 Å². The van der Waals surface area contributed by atoms with Crippen LogP contribution in [-0.4, -0.2) is 37.3 Å². The van der Waals surface area contributed by atoms with Gasteiger partial charge >= 0.3 is 0 Å². The van der Waals surface area contributed by atoms with Crippen LogP contribution in [0.3, 0.4) is 0 Å². The van der Waals surface area contributed by atoms with Gasteiger partial charge < -0.3 is 20.1 Å². The molecule has 0 aromatic heterocycles. The molecule has 33 heavy (non-hydrogen) atoms. The number of benzene rings is 3. The van der Waals surface area contributed by atoms with Crippen molar-refractivity contribution in [3.63, 3.8) is 0 Å². The zero-order valence-electron chi connectivity index (χ0n) is 19.1. The zero-order valence-corrected chi connectivity index (χ0v) is 19.1. The van der Waals surface area contributed by atoms with Crippen LogP contribution in [0, 0.1) is 0 Å². The van der Waals surface area contributed by atoms with Crippen LogP contribution in [0.25, 0.3) is 0 Å². The number of phenolic OH excluding ortho intramolecular Hbond substituents is 1. The standard InChI is InChI=1S/C15H15NO2.C12H15NO2/c1-11(17)14-9-8-13(10-15(14)16-2)18-12-6-4-3-5-7-12;14-9-10-8-11(4-5-12(10)15)13-6-2-1-3-7-13/h3-10,16H,1-2H3;4-5,8-9,15H,1-3,6-7H2. The molecule has 3 aromatic carbocycles. The average molecular weight is 447 g/mol. The average Bonchev–Trinajstić information content (AvgIpc) is 2.85. The van der Waals surface area contributed by atoms with Gasteiger partial charge in [-0.25, -0.2) is 0 Å². The van der Waals surface area contributed by atoms with Crippen LogP contribution in [0.2, 0.25) is 0 Å². The van der Waals surface area contributed by atoms with Crippen molar-refractivity contribution in [2.24, 2.45) is 0 Å². The number of aromatic hydroxyl groups is 1. The van der Waals surface area contributed by atoms with Gasteiger partial charge in [-0.2, -0.15) is 0 Å². The number of piperidine rings is 1. The first-order chi connectivity index (χ1) is 16.0. The topological polar surface area (TPSA) is 78.9 Å². The third-order valence-electron chi connectivity index (χ3n) is 5.48. The summed E-state index contributed by atoms with van der Waals surface area (Å²) in [5, 5.41) is 12.4.